The van der Waals surface area contributed by atoms with Crippen molar-refractivity contribution in [3.63, 3.8) is 0 Å². The van der Waals surface area contributed by atoms with E-state index in [1.165, 1.54) is 18.7 Å². The molecule has 0 spiro atoms. The Hall–Kier alpha value is -1.45. The average Bonchev–Trinajstić information content (AvgIpc) is 1.80. The largest absolute Gasteiger partial charge is 0.472 e. The molecule has 0 saturated carbocycles. The predicted molar refractivity (Wildman–Crippen MR) is 33.1 cm³/mol. The first-order chi connectivity index (χ1) is 4.27. The van der Waals surface area contributed by atoms with Crippen molar-refractivity contribution in [3.8, 4) is 0 Å². The van der Waals surface area contributed by atoms with E-state index in [1.807, 2.05) is 0 Å². The van der Waals surface area contributed by atoms with Gasteiger partial charge >= 0.3 is 6.03 Å². The Kier molecular flexibility index (Phi) is 3.95. The maximum absolute atomic E-state index is 9.94. The normalized spacial score (nSPS) is 8.89. The number of rotatable bonds is 3. The van der Waals surface area contributed by atoms with Crippen molar-refractivity contribution in [3.05, 3.63) is 25.3 Å². The first-order valence-electron chi connectivity index (χ1n) is 2.24. The lowest BCUT2D eigenvalue weighted by Gasteiger charge is -1.89. The van der Waals surface area contributed by atoms with Crippen LogP contribution in [0.25, 0.3) is 0 Å². The number of carbonyl (C=O) groups is 1. The van der Waals surface area contributed by atoms with Gasteiger partial charge in [0.1, 0.15) is 6.26 Å². The zero-order valence-electron chi connectivity index (χ0n) is 4.83. The number of urea groups is 1. The molecule has 4 heteroatoms. The van der Waals surface area contributed by atoms with Crippen molar-refractivity contribution < 1.29 is 9.53 Å². The molecule has 0 aromatic heterocycles. The first kappa shape index (κ1) is 7.55. The summed E-state index contributed by atoms with van der Waals surface area (Å²) in [6.45, 7) is 3.26. The Labute approximate surface area is 53.0 Å². The molecule has 2 amide bonds. The summed E-state index contributed by atoms with van der Waals surface area (Å²) in [5.74, 6) is 0. The number of amides is 2. The Balaban J connectivity index is 3.24. The Morgan fingerprint density at radius 1 is 1.78 bits per heavy atom. The third kappa shape index (κ3) is 6.55. The van der Waals surface area contributed by atoms with Crippen LogP contribution in [-0.4, -0.2) is 6.03 Å². The molecule has 0 aliphatic carbocycles. The monoisotopic (exact) mass is 128 g/mol. The highest BCUT2D eigenvalue weighted by molar-refractivity contribution is 5.72. The molecule has 50 valence electrons. The minimum atomic E-state index is -0.626. The highest BCUT2D eigenvalue weighted by Crippen LogP contribution is 1.72. The minimum absolute atomic E-state index is 0.626. The van der Waals surface area contributed by atoms with Crippen LogP contribution in [0.2, 0.25) is 0 Å². The molecule has 0 aliphatic heterocycles. The van der Waals surface area contributed by atoms with Crippen molar-refractivity contribution >= 4 is 6.03 Å². The molecule has 9 heavy (non-hydrogen) atoms. The van der Waals surface area contributed by atoms with E-state index < -0.39 is 6.03 Å². The number of nitrogens with one attached hydrogen (secondary N) is 1. The molecule has 0 bridgehead atoms. The van der Waals surface area contributed by atoms with E-state index in [9.17, 15) is 4.79 Å². The first-order valence-corrected chi connectivity index (χ1v) is 2.24. The van der Waals surface area contributed by atoms with Gasteiger partial charge in [-0.1, -0.05) is 6.58 Å². The van der Waals surface area contributed by atoms with Gasteiger partial charge in [0.05, 0.1) is 6.26 Å². The lowest BCUT2D eigenvalue weighted by Crippen LogP contribution is -2.23. The highest BCUT2D eigenvalue weighted by atomic mass is 16.5. The van der Waals surface area contributed by atoms with Crippen molar-refractivity contribution in [2.75, 3.05) is 0 Å². The third-order valence-electron chi connectivity index (χ3n) is 0.468. The fourth-order valence-corrected chi connectivity index (χ4v) is 0.211. The van der Waals surface area contributed by atoms with E-state index in [2.05, 4.69) is 16.6 Å². The van der Waals surface area contributed by atoms with E-state index in [1.54, 1.807) is 0 Å². The standard InChI is InChI=1S/C5H8N2O2/c1-2-9-4-3-7-5(6)8/h2-4H,1H2,(H3,6,7,8). The summed E-state index contributed by atoms with van der Waals surface area (Å²) in [6.07, 6.45) is 3.74. The predicted octanol–water partition coefficient (Wildman–Crippen LogP) is 0.286. The number of hydrogen-bond acceptors (Lipinski definition) is 2. The summed E-state index contributed by atoms with van der Waals surface area (Å²) in [7, 11) is 0. The van der Waals surface area contributed by atoms with Gasteiger partial charge in [0, 0.05) is 6.20 Å². The number of primary amides is 1. The van der Waals surface area contributed by atoms with Crippen molar-refractivity contribution in [1.82, 2.24) is 5.32 Å². The fourth-order valence-electron chi connectivity index (χ4n) is 0.211. The van der Waals surface area contributed by atoms with Crippen LogP contribution in [0.1, 0.15) is 0 Å². The molecule has 4 nitrogen and oxygen atoms in total. The molecule has 3 N–H and O–H groups in total. The van der Waals surface area contributed by atoms with Crippen LogP contribution in [0, 0.1) is 0 Å². The SMILES string of the molecule is C=COC=CNC(N)=O. The molecule has 0 aliphatic rings. The Morgan fingerprint density at radius 2 is 2.44 bits per heavy atom. The van der Waals surface area contributed by atoms with Gasteiger partial charge < -0.3 is 15.8 Å². The van der Waals surface area contributed by atoms with Crippen LogP contribution in [0.3, 0.4) is 0 Å². The Bertz CT molecular complexity index is 131. The quantitative estimate of drug-likeness (QED) is 0.536. The van der Waals surface area contributed by atoms with Crippen molar-refractivity contribution in [2.45, 2.75) is 0 Å². The zero-order chi connectivity index (χ0) is 7.11. The van der Waals surface area contributed by atoms with Gasteiger partial charge in [0.2, 0.25) is 0 Å². The maximum Gasteiger partial charge on any atom is 0.316 e. The second kappa shape index (κ2) is 4.70. The summed E-state index contributed by atoms with van der Waals surface area (Å²) in [5, 5.41) is 2.17. The number of nitrogens with two attached hydrogens (primary N) is 1. The van der Waals surface area contributed by atoms with Crippen LogP contribution in [0.15, 0.2) is 25.3 Å². The molecule has 0 aromatic rings. The molecular formula is C5H8N2O2. The van der Waals surface area contributed by atoms with Crippen LogP contribution >= 0.6 is 0 Å². The van der Waals surface area contributed by atoms with E-state index in [4.69, 9.17) is 5.73 Å². The summed E-state index contributed by atoms with van der Waals surface area (Å²) in [5.41, 5.74) is 4.69. The van der Waals surface area contributed by atoms with Crippen LogP contribution < -0.4 is 11.1 Å². The molecule has 0 aromatic carbocycles. The second-order valence-corrected chi connectivity index (χ2v) is 1.11. The summed E-state index contributed by atoms with van der Waals surface area (Å²) in [4.78, 5) is 9.94. The molecule has 0 saturated heterocycles. The second-order valence-electron chi connectivity index (χ2n) is 1.11. The van der Waals surface area contributed by atoms with E-state index in [0.717, 1.165) is 0 Å². The maximum atomic E-state index is 9.94. The minimum Gasteiger partial charge on any atom is -0.472 e. The average molecular weight is 128 g/mol. The molecule has 0 unspecified atom stereocenters. The molecule has 0 atom stereocenters. The van der Waals surface area contributed by atoms with Gasteiger partial charge in [-0.05, 0) is 0 Å². The Morgan fingerprint density at radius 3 is 2.89 bits per heavy atom. The van der Waals surface area contributed by atoms with E-state index in [-0.39, 0.29) is 0 Å². The van der Waals surface area contributed by atoms with Gasteiger partial charge in [-0.2, -0.15) is 0 Å². The summed E-state index contributed by atoms with van der Waals surface area (Å²) >= 11 is 0. The van der Waals surface area contributed by atoms with E-state index in [0.29, 0.717) is 0 Å². The summed E-state index contributed by atoms with van der Waals surface area (Å²) < 4.78 is 4.50. The molecule has 0 radical (unpaired) electrons. The topological polar surface area (TPSA) is 64.3 Å². The zero-order valence-corrected chi connectivity index (χ0v) is 4.83. The van der Waals surface area contributed by atoms with Crippen LogP contribution in [0.4, 0.5) is 4.79 Å². The lowest BCUT2D eigenvalue weighted by atomic mass is 10.9. The van der Waals surface area contributed by atoms with Gasteiger partial charge in [-0.3, -0.25) is 0 Å². The number of ether oxygens (including phenoxy) is 1. The van der Waals surface area contributed by atoms with Gasteiger partial charge in [-0.15, -0.1) is 0 Å². The van der Waals surface area contributed by atoms with Crippen LogP contribution in [-0.2, 0) is 4.74 Å². The fraction of sp³-hybridized carbons (Fsp3) is 0. The molecule has 0 fully saturated rings. The third-order valence-corrected chi connectivity index (χ3v) is 0.468. The molecule has 0 heterocycles. The van der Waals surface area contributed by atoms with Crippen molar-refractivity contribution in [1.29, 1.82) is 0 Å². The number of carbonyl (C=O) groups excluding carboxylic acids is 1. The van der Waals surface area contributed by atoms with Gasteiger partial charge in [0.25, 0.3) is 0 Å². The van der Waals surface area contributed by atoms with E-state index >= 15 is 0 Å². The lowest BCUT2D eigenvalue weighted by molar-refractivity contribution is 0.251. The number of hydrogen-bond donors (Lipinski definition) is 2. The summed E-state index contributed by atoms with van der Waals surface area (Å²) in [6, 6.07) is -0.626. The highest BCUT2D eigenvalue weighted by Gasteiger charge is 1.79. The van der Waals surface area contributed by atoms with Gasteiger partial charge in [0.15, 0.2) is 0 Å². The molecule has 0 rings (SSSR count). The van der Waals surface area contributed by atoms with Crippen LogP contribution in [0.5, 0.6) is 0 Å². The van der Waals surface area contributed by atoms with Gasteiger partial charge in [-0.25, -0.2) is 4.79 Å². The van der Waals surface area contributed by atoms with Crippen molar-refractivity contribution in [2.24, 2.45) is 5.73 Å². The smallest absolute Gasteiger partial charge is 0.316 e. The molecular weight excluding hydrogens is 120 g/mol.